The minimum Gasteiger partial charge on any atom is -0.447 e. The number of carbonyl (C=O) groups excluding carboxylic acids is 1. The van der Waals surface area contributed by atoms with Crippen molar-refractivity contribution in [3.8, 4) is 0 Å². The zero-order valence-electron chi connectivity index (χ0n) is 12.8. The molecule has 24 heavy (non-hydrogen) atoms. The van der Waals surface area contributed by atoms with Gasteiger partial charge in [0.25, 0.3) is 10.0 Å². The first-order valence-corrected chi connectivity index (χ1v) is 8.68. The van der Waals surface area contributed by atoms with Crippen LogP contribution in [-0.4, -0.2) is 27.7 Å². The van der Waals surface area contributed by atoms with Crippen LogP contribution in [0.2, 0.25) is 0 Å². The smallest absolute Gasteiger partial charge is 0.414 e. The molecule has 2 aromatic rings. The Labute approximate surface area is 138 Å². The molecule has 1 fully saturated rings. The van der Waals surface area contributed by atoms with Gasteiger partial charge >= 0.3 is 6.09 Å². The summed E-state index contributed by atoms with van der Waals surface area (Å²) >= 11 is 0. The number of anilines is 2. The average Bonchev–Trinajstić information content (AvgIpc) is 2.92. The number of benzene rings is 2. The van der Waals surface area contributed by atoms with Gasteiger partial charge in [0.2, 0.25) is 0 Å². The molecule has 0 aliphatic carbocycles. The second-order valence-electron chi connectivity index (χ2n) is 5.33. The SMILES string of the molecule is Cc1cc(F)ccc1S(=O)(=O)Nc1cccc(N2CCOC2=O)c1. The van der Waals surface area contributed by atoms with Crippen LogP contribution >= 0.6 is 0 Å². The number of aryl methyl sites for hydroxylation is 1. The number of nitrogens with one attached hydrogen (secondary N) is 1. The van der Waals surface area contributed by atoms with Gasteiger partial charge in [0.1, 0.15) is 12.4 Å². The van der Waals surface area contributed by atoms with Gasteiger partial charge in [0.05, 0.1) is 17.1 Å². The number of sulfonamides is 1. The third-order valence-corrected chi connectivity index (χ3v) is 5.14. The van der Waals surface area contributed by atoms with Gasteiger partial charge in [-0.25, -0.2) is 17.6 Å². The second-order valence-corrected chi connectivity index (χ2v) is 6.98. The Bertz CT molecular complexity index is 899. The van der Waals surface area contributed by atoms with E-state index in [-0.39, 0.29) is 4.90 Å². The van der Waals surface area contributed by atoms with E-state index in [1.807, 2.05) is 0 Å². The van der Waals surface area contributed by atoms with Gasteiger partial charge in [-0.2, -0.15) is 0 Å². The number of rotatable bonds is 4. The molecule has 1 aliphatic heterocycles. The van der Waals surface area contributed by atoms with Crippen molar-refractivity contribution in [2.24, 2.45) is 0 Å². The summed E-state index contributed by atoms with van der Waals surface area (Å²) in [6, 6.07) is 9.91. The molecule has 1 saturated heterocycles. The highest BCUT2D eigenvalue weighted by molar-refractivity contribution is 7.92. The number of halogens is 1. The normalized spacial score (nSPS) is 14.6. The lowest BCUT2D eigenvalue weighted by atomic mass is 10.2. The van der Waals surface area contributed by atoms with E-state index >= 15 is 0 Å². The minimum absolute atomic E-state index is 0.00474. The molecule has 0 unspecified atom stereocenters. The number of ether oxygens (including phenoxy) is 1. The van der Waals surface area contributed by atoms with Crippen molar-refractivity contribution < 1.29 is 22.3 Å². The molecule has 0 bridgehead atoms. The average molecular weight is 350 g/mol. The molecule has 8 heteroatoms. The van der Waals surface area contributed by atoms with Crippen LogP contribution in [-0.2, 0) is 14.8 Å². The molecular weight excluding hydrogens is 335 g/mol. The standard InChI is InChI=1S/C16H15FN2O4S/c1-11-9-12(17)5-6-15(11)24(21,22)18-13-3-2-4-14(10-13)19-7-8-23-16(19)20/h2-6,9-10,18H,7-8H2,1H3. The van der Waals surface area contributed by atoms with Gasteiger partial charge in [-0.15, -0.1) is 0 Å². The Morgan fingerprint density at radius 3 is 2.67 bits per heavy atom. The van der Waals surface area contributed by atoms with Crippen LogP contribution in [0.4, 0.5) is 20.6 Å². The summed E-state index contributed by atoms with van der Waals surface area (Å²) < 4.78 is 45.5. The number of nitrogens with zero attached hydrogens (tertiary/aromatic N) is 1. The molecule has 0 atom stereocenters. The molecule has 1 N–H and O–H groups in total. The molecule has 6 nitrogen and oxygen atoms in total. The van der Waals surface area contributed by atoms with Gasteiger partial charge in [0, 0.05) is 5.69 Å². The van der Waals surface area contributed by atoms with Gasteiger partial charge in [0.15, 0.2) is 0 Å². The molecular formula is C16H15FN2O4S. The van der Waals surface area contributed by atoms with Crippen LogP contribution in [0.3, 0.4) is 0 Å². The van der Waals surface area contributed by atoms with E-state index in [1.165, 1.54) is 17.9 Å². The monoisotopic (exact) mass is 350 g/mol. The van der Waals surface area contributed by atoms with Gasteiger partial charge in [-0.1, -0.05) is 6.07 Å². The third-order valence-electron chi connectivity index (χ3n) is 3.60. The van der Waals surface area contributed by atoms with Crippen LogP contribution in [0.15, 0.2) is 47.4 Å². The van der Waals surface area contributed by atoms with Crippen molar-refractivity contribution in [2.75, 3.05) is 22.8 Å². The van der Waals surface area contributed by atoms with E-state index in [9.17, 15) is 17.6 Å². The maximum absolute atomic E-state index is 13.2. The molecule has 0 saturated carbocycles. The van der Waals surface area contributed by atoms with Crippen molar-refractivity contribution >= 4 is 27.5 Å². The van der Waals surface area contributed by atoms with Crippen LogP contribution < -0.4 is 9.62 Å². The predicted molar refractivity (Wildman–Crippen MR) is 87.1 cm³/mol. The highest BCUT2D eigenvalue weighted by atomic mass is 32.2. The summed E-state index contributed by atoms with van der Waals surface area (Å²) in [7, 11) is -3.87. The van der Waals surface area contributed by atoms with Gasteiger partial charge in [-0.05, 0) is 48.9 Å². The summed E-state index contributed by atoms with van der Waals surface area (Å²) in [6.07, 6.45) is -0.468. The quantitative estimate of drug-likeness (QED) is 0.920. The molecule has 2 aromatic carbocycles. The van der Waals surface area contributed by atoms with E-state index in [1.54, 1.807) is 24.3 Å². The Hall–Kier alpha value is -2.61. The van der Waals surface area contributed by atoms with E-state index < -0.39 is 21.9 Å². The fraction of sp³-hybridized carbons (Fsp3) is 0.188. The van der Waals surface area contributed by atoms with Crippen LogP contribution in [0, 0.1) is 12.7 Å². The van der Waals surface area contributed by atoms with Gasteiger partial charge in [-0.3, -0.25) is 9.62 Å². The molecule has 1 amide bonds. The van der Waals surface area contributed by atoms with E-state index in [4.69, 9.17) is 4.74 Å². The highest BCUT2D eigenvalue weighted by Gasteiger charge is 2.24. The topological polar surface area (TPSA) is 75.7 Å². The van der Waals surface area contributed by atoms with Crippen molar-refractivity contribution in [2.45, 2.75) is 11.8 Å². The Balaban J connectivity index is 1.89. The summed E-state index contributed by atoms with van der Waals surface area (Å²) in [6.45, 7) is 2.23. The lowest BCUT2D eigenvalue weighted by Gasteiger charge is -2.15. The summed E-state index contributed by atoms with van der Waals surface area (Å²) in [4.78, 5) is 13.0. The molecule has 1 aliphatic rings. The minimum atomic E-state index is -3.87. The van der Waals surface area contributed by atoms with Gasteiger partial charge < -0.3 is 4.74 Å². The lowest BCUT2D eigenvalue weighted by molar-refractivity contribution is 0.181. The molecule has 0 spiro atoms. The number of hydrogen-bond acceptors (Lipinski definition) is 4. The zero-order chi connectivity index (χ0) is 17.3. The van der Waals surface area contributed by atoms with Crippen LogP contribution in [0.1, 0.15) is 5.56 Å². The fourth-order valence-corrected chi connectivity index (χ4v) is 3.77. The molecule has 1 heterocycles. The number of cyclic esters (lactones) is 1. The highest BCUT2D eigenvalue weighted by Crippen LogP contribution is 2.25. The Morgan fingerprint density at radius 1 is 1.21 bits per heavy atom. The molecule has 0 aromatic heterocycles. The predicted octanol–water partition coefficient (Wildman–Crippen LogP) is 2.89. The van der Waals surface area contributed by atoms with E-state index in [0.29, 0.717) is 30.1 Å². The fourth-order valence-electron chi connectivity index (χ4n) is 2.49. The van der Waals surface area contributed by atoms with Crippen molar-refractivity contribution in [1.29, 1.82) is 0 Å². The second kappa shape index (κ2) is 6.12. The Morgan fingerprint density at radius 2 is 2.00 bits per heavy atom. The third kappa shape index (κ3) is 3.18. The molecule has 3 rings (SSSR count). The number of carbonyl (C=O) groups is 1. The van der Waals surface area contributed by atoms with E-state index in [2.05, 4.69) is 4.72 Å². The van der Waals surface area contributed by atoms with E-state index in [0.717, 1.165) is 12.1 Å². The summed E-state index contributed by atoms with van der Waals surface area (Å²) in [5, 5.41) is 0. The van der Waals surface area contributed by atoms with Crippen LogP contribution in [0.25, 0.3) is 0 Å². The van der Waals surface area contributed by atoms with Crippen molar-refractivity contribution in [3.63, 3.8) is 0 Å². The van der Waals surface area contributed by atoms with Crippen LogP contribution in [0.5, 0.6) is 0 Å². The first-order chi connectivity index (χ1) is 11.4. The number of amides is 1. The van der Waals surface area contributed by atoms with Crippen molar-refractivity contribution in [1.82, 2.24) is 0 Å². The Kier molecular flexibility index (Phi) is 4.15. The summed E-state index contributed by atoms with van der Waals surface area (Å²) in [5.41, 5.74) is 1.14. The first-order valence-electron chi connectivity index (χ1n) is 7.20. The maximum atomic E-state index is 13.2. The molecule has 0 radical (unpaired) electrons. The maximum Gasteiger partial charge on any atom is 0.414 e. The van der Waals surface area contributed by atoms with Crippen molar-refractivity contribution in [3.05, 3.63) is 53.8 Å². The molecule has 126 valence electrons. The zero-order valence-corrected chi connectivity index (χ0v) is 13.6. The summed E-state index contributed by atoms with van der Waals surface area (Å²) in [5.74, 6) is -0.499. The first kappa shape index (κ1) is 16.3. The number of hydrogen-bond donors (Lipinski definition) is 1. The lowest BCUT2D eigenvalue weighted by Crippen LogP contribution is -2.23. The largest absolute Gasteiger partial charge is 0.447 e.